The van der Waals surface area contributed by atoms with Gasteiger partial charge in [0.1, 0.15) is 12.1 Å². The van der Waals surface area contributed by atoms with Crippen LogP contribution in [0.3, 0.4) is 0 Å². The summed E-state index contributed by atoms with van der Waals surface area (Å²) in [5, 5.41) is 4.68. The van der Waals surface area contributed by atoms with Gasteiger partial charge in [-0.2, -0.15) is 0 Å². The van der Waals surface area contributed by atoms with Crippen molar-refractivity contribution in [2.24, 2.45) is 0 Å². The molecular formula is C15H21N5S. The van der Waals surface area contributed by atoms with Crippen molar-refractivity contribution in [2.75, 3.05) is 18.4 Å². The zero-order chi connectivity index (χ0) is 14.7. The second-order valence-electron chi connectivity index (χ2n) is 5.58. The molecule has 0 saturated carbocycles. The molecule has 0 bridgehead atoms. The number of hydrogen-bond donors (Lipinski definition) is 1. The standard InChI is InChI=1S/C15H21N5S/c1-11-7-15(18-10-17-11)19-13-3-5-20(6-4-13)9-14-8-16-12(2)21-14/h7-8,10,13H,3-6,9H2,1-2H3,(H,17,18,19). The van der Waals surface area contributed by atoms with Crippen LogP contribution in [-0.4, -0.2) is 39.0 Å². The summed E-state index contributed by atoms with van der Waals surface area (Å²) in [7, 11) is 0. The molecule has 1 aliphatic rings. The molecule has 3 heterocycles. The van der Waals surface area contributed by atoms with Crippen molar-refractivity contribution >= 4 is 17.2 Å². The lowest BCUT2D eigenvalue weighted by Crippen LogP contribution is -2.38. The van der Waals surface area contributed by atoms with Crippen molar-refractivity contribution in [3.63, 3.8) is 0 Å². The zero-order valence-electron chi connectivity index (χ0n) is 12.5. The molecule has 2 aromatic heterocycles. The first-order valence-electron chi connectivity index (χ1n) is 7.38. The van der Waals surface area contributed by atoms with Gasteiger partial charge in [0, 0.05) is 48.5 Å². The summed E-state index contributed by atoms with van der Waals surface area (Å²) >= 11 is 1.80. The second kappa shape index (κ2) is 6.49. The minimum absolute atomic E-state index is 0.513. The second-order valence-corrected chi connectivity index (χ2v) is 6.90. The van der Waals surface area contributed by atoms with E-state index in [4.69, 9.17) is 0 Å². The van der Waals surface area contributed by atoms with Crippen molar-refractivity contribution in [1.29, 1.82) is 0 Å². The van der Waals surface area contributed by atoms with Crippen molar-refractivity contribution < 1.29 is 0 Å². The van der Waals surface area contributed by atoms with Crippen LogP contribution in [0.4, 0.5) is 5.82 Å². The van der Waals surface area contributed by atoms with Gasteiger partial charge in [-0.05, 0) is 26.7 Å². The average molecular weight is 303 g/mol. The summed E-state index contributed by atoms with van der Waals surface area (Å²) in [6.07, 6.45) is 5.94. The molecule has 112 valence electrons. The van der Waals surface area contributed by atoms with E-state index < -0.39 is 0 Å². The number of nitrogens with one attached hydrogen (secondary N) is 1. The maximum absolute atomic E-state index is 4.33. The Morgan fingerprint density at radius 1 is 1.24 bits per heavy atom. The van der Waals surface area contributed by atoms with Crippen LogP contribution in [0, 0.1) is 13.8 Å². The monoisotopic (exact) mass is 303 g/mol. The summed E-state index contributed by atoms with van der Waals surface area (Å²) < 4.78 is 0. The van der Waals surface area contributed by atoms with Gasteiger partial charge in [-0.25, -0.2) is 15.0 Å². The molecule has 1 N–H and O–H groups in total. The summed E-state index contributed by atoms with van der Waals surface area (Å²) in [6.45, 7) is 7.34. The molecule has 0 amide bonds. The number of piperidine rings is 1. The number of aromatic nitrogens is 3. The average Bonchev–Trinajstić information content (AvgIpc) is 2.86. The van der Waals surface area contributed by atoms with E-state index in [0.29, 0.717) is 6.04 Å². The van der Waals surface area contributed by atoms with Crippen LogP contribution < -0.4 is 5.32 Å². The minimum Gasteiger partial charge on any atom is -0.367 e. The van der Waals surface area contributed by atoms with Crippen LogP contribution in [0.1, 0.15) is 28.4 Å². The summed E-state index contributed by atoms with van der Waals surface area (Å²) in [5.74, 6) is 0.944. The highest BCUT2D eigenvalue weighted by Crippen LogP contribution is 2.19. The smallest absolute Gasteiger partial charge is 0.129 e. The largest absolute Gasteiger partial charge is 0.367 e. The highest BCUT2D eigenvalue weighted by atomic mass is 32.1. The first kappa shape index (κ1) is 14.4. The molecule has 0 radical (unpaired) electrons. The molecule has 0 aliphatic carbocycles. The third-order valence-electron chi connectivity index (χ3n) is 3.79. The molecule has 1 fully saturated rings. The number of aryl methyl sites for hydroxylation is 2. The molecule has 1 saturated heterocycles. The van der Waals surface area contributed by atoms with Crippen molar-refractivity contribution in [1.82, 2.24) is 19.9 Å². The van der Waals surface area contributed by atoms with E-state index in [1.165, 1.54) is 4.88 Å². The number of anilines is 1. The lowest BCUT2D eigenvalue weighted by atomic mass is 10.1. The molecule has 0 aromatic carbocycles. The van der Waals surface area contributed by atoms with E-state index in [-0.39, 0.29) is 0 Å². The fourth-order valence-corrected chi connectivity index (χ4v) is 3.51. The Hall–Kier alpha value is -1.53. The number of thiazole rings is 1. The van der Waals surface area contributed by atoms with E-state index in [9.17, 15) is 0 Å². The lowest BCUT2D eigenvalue weighted by Gasteiger charge is -2.32. The van der Waals surface area contributed by atoms with Gasteiger partial charge in [0.25, 0.3) is 0 Å². The Kier molecular flexibility index (Phi) is 4.45. The predicted molar refractivity (Wildman–Crippen MR) is 85.5 cm³/mol. The molecule has 0 unspecified atom stereocenters. The topological polar surface area (TPSA) is 53.9 Å². The van der Waals surface area contributed by atoms with Gasteiger partial charge >= 0.3 is 0 Å². The van der Waals surface area contributed by atoms with Crippen LogP contribution in [0.15, 0.2) is 18.6 Å². The molecule has 0 spiro atoms. The third-order valence-corrected chi connectivity index (χ3v) is 4.69. The van der Waals surface area contributed by atoms with Gasteiger partial charge in [0.15, 0.2) is 0 Å². The van der Waals surface area contributed by atoms with Gasteiger partial charge in [-0.3, -0.25) is 4.90 Å². The van der Waals surface area contributed by atoms with E-state index in [1.54, 1.807) is 17.7 Å². The number of hydrogen-bond acceptors (Lipinski definition) is 6. The SMILES string of the molecule is Cc1cc(NC2CCN(Cc3cnc(C)s3)CC2)ncn1. The van der Waals surface area contributed by atoms with Gasteiger partial charge in [0.05, 0.1) is 5.01 Å². The fraction of sp³-hybridized carbons (Fsp3) is 0.533. The summed E-state index contributed by atoms with van der Waals surface area (Å²) in [6, 6.07) is 2.52. The highest BCUT2D eigenvalue weighted by molar-refractivity contribution is 7.11. The molecule has 21 heavy (non-hydrogen) atoms. The lowest BCUT2D eigenvalue weighted by molar-refractivity contribution is 0.213. The Labute approximate surface area is 129 Å². The molecule has 6 heteroatoms. The first-order valence-corrected chi connectivity index (χ1v) is 8.19. The van der Waals surface area contributed by atoms with Crippen LogP contribution >= 0.6 is 11.3 Å². The van der Waals surface area contributed by atoms with Gasteiger partial charge in [-0.1, -0.05) is 0 Å². The Morgan fingerprint density at radius 3 is 2.71 bits per heavy atom. The van der Waals surface area contributed by atoms with Gasteiger partial charge in [0.2, 0.25) is 0 Å². The van der Waals surface area contributed by atoms with Crippen LogP contribution in [0.25, 0.3) is 0 Å². The number of likely N-dealkylation sites (tertiary alicyclic amines) is 1. The van der Waals surface area contributed by atoms with Crippen LogP contribution in [-0.2, 0) is 6.54 Å². The van der Waals surface area contributed by atoms with Crippen molar-refractivity contribution in [2.45, 2.75) is 39.3 Å². The Bertz CT molecular complexity index is 589. The third kappa shape index (κ3) is 3.98. The zero-order valence-corrected chi connectivity index (χ0v) is 13.4. The number of nitrogens with zero attached hydrogens (tertiary/aromatic N) is 4. The first-order chi connectivity index (χ1) is 10.2. The quantitative estimate of drug-likeness (QED) is 0.941. The van der Waals surface area contributed by atoms with Gasteiger partial charge < -0.3 is 5.32 Å². The van der Waals surface area contributed by atoms with E-state index >= 15 is 0 Å². The van der Waals surface area contributed by atoms with Gasteiger partial charge in [-0.15, -0.1) is 11.3 Å². The molecule has 5 nitrogen and oxygen atoms in total. The van der Waals surface area contributed by atoms with Crippen molar-refractivity contribution in [3.8, 4) is 0 Å². The molecular weight excluding hydrogens is 282 g/mol. The minimum atomic E-state index is 0.513. The summed E-state index contributed by atoms with van der Waals surface area (Å²) in [4.78, 5) is 16.6. The molecule has 1 aliphatic heterocycles. The van der Waals surface area contributed by atoms with E-state index in [1.807, 2.05) is 19.2 Å². The maximum Gasteiger partial charge on any atom is 0.129 e. The number of rotatable bonds is 4. The van der Waals surface area contributed by atoms with E-state index in [2.05, 4.69) is 32.1 Å². The van der Waals surface area contributed by atoms with Crippen LogP contribution in [0.2, 0.25) is 0 Å². The normalized spacial score (nSPS) is 17.0. The Balaban J connectivity index is 1.48. The predicted octanol–water partition coefficient (Wildman–Crippen LogP) is 2.63. The highest BCUT2D eigenvalue weighted by Gasteiger charge is 2.19. The van der Waals surface area contributed by atoms with E-state index in [0.717, 1.165) is 49.0 Å². The van der Waals surface area contributed by atoms with Crippen LogP contribution in [0.5, 0.6) is 0 Å². The fourth-order valence-electron chi connectivity index (χ4n) is 2.68. The maximum atomic E-state index is 4.33. The molecule has 2 aromatic rings. The summed E-state index contributed by atoms with van der Waals surface area (Å²) in [5.41, 5.74) is 1.01. The molecule has 3 rings (SSSR count). The Morgan fingerprint density at radius 2 is 2.05 bits per heavy atom. The molecule has 0 atom stereocenters. The van der Waals surface area contributed by atoms with Crippen molar-refractivity contribution in [3.05, 3.63) is 34.2 Å².